The van der Waals surface area contributed by atoms with Crippen molar-refractivity contribution in [2.24, 2.45) is 11.8 Å². The summed E-state index contributed by atoms with van der Waals surface area (Å²) in [5.41, 5.74) is 0. The van der Waals surface area contributed by atoms with E-state index in [2.05, 4.69) is 27.7 Å². The van der Waals surface area contributed by atoms with E-state index in [0.717, 1.165) is 23.9 Å². The molecule has 2 heterocycles. The number of nitrogens with zero attached hydrogens (tertiary/aromatic N) is 1. The first-order chi connectivity index (χ1) is 6.09. The molecule has 0 aromatic carbocycles. The number of quaternary nitrogens is 1. The lowest BCUT2D eigenvalue weighted by molar-refractivity contribution is -0.949. The third-order valence-electron chi connectivity index (χ3n) is 5.37. The molecule has 0 N–H and O–H groups in total. The van der Waals surface area contributed by atoms with Crippen molar-refractivity contribution in [3.8, 4) is 0 Å². The van der Waals surface area contributed by atoms with E-state index < -0.39 is 0 Å². The molecule has 0 amide bonds. The minimum absolute atomic E-state index is 0.910. The number of hydrogen-bond acceptors (Lipinski definition) is 0. The summed E-state index contributed by atoms with van der Waals surface area (Å²) in [4.78, 5) is 0. The monoisotopic (exact) mass is 182 g/mol. The first kappa shape index (κ1) is 9.51. The zero-order chi connectivity index (χ0) is 9.64. The van der Waals surface area contributed by atoms with E-state index in [4.69, 9.17) is 0 Å². The molecule has 2 aliphatic rings. The van der Waals surface area contributed by atoms with Crippen LogP contribution in [0.4, 0.5) is 0 Å². The third kappa shape index (κ3) is 1.09. The normalized spacial score (nSPS) is 48.9. The molecule has 1 spiro atoms. The Hall–Kier alpha value is -0.0400. The van der Waals surface area contributed by atoms with Crippen molar-refractivity contribution in [2.45, 2.75) is 52.6 Å². The second kappa shape index (κ2) is 2.98. The lowest BCUT2D eigenvalue weighted by atomic mass is 9.92. The van der Waals surface area contributed by atoms with Crippen LogP contribution in [0, 0.1) is 11.8 Å². The Morgan fingerprint density at radius 3 is 1.54 bits per heavy atom. The molecule has 4 unspecified atom stereocenters. The van der Waals surface area contributed by atoms with Crippen LogP contribution in [-0.4, -0.2) is 29.7 Å². The van der Waals surface area contributed by atoms with Crippen molar-refractivity contribution in [3.05, 3.63) is 0 Å². The smallest absolute Gasteiger partial charge is 0.0894 e. The third-order valence-corrected chi connectivity index (χ3v) is 5.37. The molecule has 2 aliphatic heterocycles. The van der Waals surface area contributed by atoms with Gasteiger partial charge in [0.05, 0.1) is 25.2 Å². The van der Waals surface area contributed by atoms with Gasteiger partial charge in [-0.2, -0.15) is 0 Å². The van der Waals surface area contributed by atoms with Gasteiger partial charge < -0.3 is 4.48 Å². The predicted molar refractivity (Wildman–Crippen MR) is 56.5 cm³/mol. The van der Waals surface area contributed by atoms with Crippen molar-refractivity contribution in [2.75, 3.05) is 13.1 Å². The van der Waals surface area contributed by atoms with Gasteiger partial charge >= 0.3 is 0 Å². The van der Waals surface area contributed by atoms with E-state index in [-0.39, 0.29) is 0 Å². The minimum Gasteiger partial charge on any atom is -0.319 e. The standard InChI is InChI=1S/C12H24N/c1-9-10(2)12(4)13(11(9)3)7-5-6-8-13/h9-12H,5-8H2,1-4H3/q+1. The average Bonchev–Trinajstić information content (AvgIpc) is 2.67. The molecule has 2 rings (SSSR count). The average molecular weight is 182 g/mol. The Bertz CT molecular complexity index is 177. The van der Waals surface area contributed by atoms with Crippen LogP contribution in [0.1, 0.15) is 40.5 Å². The second-order valence-electron chi connectivity index (χ2n) is 5.46. The fourth-order valence-electron chi connectivity index (χ4n) is 3.92. The summed E-state index contributed by atoms with van der Waals surface area (Å²) in [7, 11) is 0. The van der Waals surface area contributed by atoms with Crippen LogP contribution in [0.15, 0.2) is 0 Å². The van der Waals surface area contributed by atoms with Crippen molar-refractivity contribution in [3.63, 3.8) is 0 Å². The van der Waals surface area contributed by atoms with Gasteiger partial charge in [-0.15, -0.1) is 0 Å². The molecule has 0 aromatic rings. The van der Waals surface area contributed by atoms with Crippen LogP contribution in [0.5, 0.6) is 0 Å². The van der Waals surface area contributed by atoms with Gasteiger partial charge in [0.1, 0.15) is 0 Å². The minimum atomic E-state index is 0.910. The summed E-state index contributed by atoms with van der Waals surface area (Å²) < 4.78 is 1.45. The fourth-order valence-corrected chi connectivity index (χ4v) is 3.92. The van der Waals surface area contributed by atoms with Crippen molar-refractivity contribution < 1.29 is 4.48 Å². The highest BCUT2D eigenvalue weighted by Gasteiger charge is 2.54. The topological polar surface area (TPSA) is 0 Å². The molecule has 0 aliphatic carbocycles. The Morgan fingerprint density at radius 2 is 1.15 bits per heavy atom. The Labute approximate surface area is 82.7 Å². The first-order valence-corrected chi connectivity index (χ1v) is 5.96. The highest BCUT2D eigenvalue weighted by Crippen LogP contribution is 2.44. The maximum absolute atomic E-state index is 2.48. The molecule has 2 fully saturated rings. The Balaban J connectivity index is 2.27. The second-order valence-corrected chi connectivity index (χ2v) is 5.46. The molecule has 0 bridgehead atoms. The predicted octanol–water partition coefficient (Wildman–Crippen LogP) is 2.66. The Morgan fingerprint density at radius 1 is 0.769 bits per heavy atom. The van der Waals surface area contributed by atoms with E-state index in [0.29, 0.717) is 0 Å². The van der Waals surface area contributed by atoms with Crippen LogP contribution in [0.2, 0.25) is 0 Å². The summed E-state index contributed by atoms with van der Waals surface area (Å²) in [6.45, 7) is 12.8. The number of hydrogen-bond donors (Lipinski definition) is 0. The van der Waals surface area contributed by atoms with Crippen molar-refractivity contribution >= 4 is 0 Å². The van der Waals surface area contributed by atoms with Gasteiger partial charge in [-0.1, -0.05) is 13.8 Å². The first-order valence-electron chi connectivity index (χ1n) is 5.96. The molecular weight excluding hydrogens is 158 g/mol. The zero-order valence-electron chi connectivity index (χ0n) is 9.59. The van der Waals surface area contributed by atoms with Crippen LogP contribution in [-0.2, 0) is 0 Å². The van der Waals surface area contributed by atoms with Crippen LogP contribution in [0.25, 0.3) is 0 Å². The summed E-state index contributed by atoms with van der Waals surface area (Å²) in [6.07, 6.45) is 2.93. The molecule has 13 heavy (non-hydrogen) atoms. The highest BCUT2D eigenvalue weighted by atomic mass is 15.4. The quantitative estimate of drug-likeness (QED) is 0.505. The van der Waals surface area contributed by atoms with Gasteiger partial charge in [0.2, 0.25) is 0 Å². The lowest BCUT2D eigenvalue weighted by Crippen LogP contribution is -2.53. The van der Waals surface area contributed by atoms with E-state index >= 15 is 0 Å². The van der Waals surface area contributed by atoms with Gasteiger partial charge in [-0.3, -0.25) is 0 Å². The molecule has 1 heteroatoms. The van der Waals surface area contributed by atoms with Gasteiger partial charge in [0.25, 0.3) is 0 Å². The van der Waals surface area contributed by atoms with Gasteiger partial charge in [0.15, 0.2) is 0 Å². The highest BCUT2D eigenvalue weighted by molar-refractivity contribution is 4.84. The van der Waals surface area contributed by atoms with Gasteiger partial charge in [0, 0.05) is 24.7 Å². The van der Waals surface area contributed by atoms with Crippen LogP contribution in [0.3, 0.4) is 0 Å². The summed E-state index contributed by atoms with van der Waals surface area (Å²) >= 11 is 0. The molecule has 0 radical (unpaired) electrons. The number of rotatable bonds is 0. The van der Waals surface area contributed by atoms with Crippen LogP contribution < -0.4 is 0 Å². The van der Waals surface area contributed by atoms with Crippen LogP contribution >= 0.6 is 0 Å². The van der Waals surface area contributed by atoms with E-state index in [1.807, 2.05) is 0 Å². The summed E-state index contributed by atoms with van der Waals surface area (Å²) in [5, 5.41) is 0. The molecular formula is C12H24N+. The van der Waals surface area contributed by atoms with Gasteiger partial charge in [-0.05, 0) is 13.8 Å². The lowest BCUT2D eigenvalue weighted by Gasteiger charge is -2.39. The molecule has 76 valence electrons. The molecule has 0 aromatic heterocycles. The molecule has 2 saturated heterocycles. The summed E-state index contributed by atoms with van der Waals surface area (Å²) in [6, 6.07) is 1.82. The molecule has 1 nitrogen and oxygen atoms in total. The zero-order valence-corrected chi connectivity index (χ0v) is 9.59. The largest absolute Gasteiger partial charge is 0.319 e. The fraction of sp³-hybridized carbons (Fsp3) is 1.00. The van der Waals surface area contributed by atoms with Crippen molar-refractivity contribution in [1.82, 2.24) is 0 Å². The molecule has 4 atom stereocenters. The van der Waals surface area contributed by atoms with E-state index in [1.165, 1.54) is 30.4 Å². The molecule has 0 saturated carbocycles. The SMILES string of the molecule is CC1C(C)C(C)[N+]2(CCCC2)C1C. The maximum atomic E-state index is 2.48. The van der Waals surface area contributed by atoms with E-state index in [9.17, 15) is 0 Å². The van der Waals surface area contributed by atoms with E-state index in [1.54, 1.807) is 0 Å². The van der Waals surface area contributed by atoms with Crippen molar-refractivity contribution in [1.29, 1.82) is 0 Å². The Kier molecular flexibility index (Phi) is 2.18. The summed E-state index contributed by atoms with van der Waals surface area (Å²) in [5.74, 6) is 1.85. The maximum Gasteiger partial charge on any atom is 0.0894 e. The van der Waals surface area contributed by atoms with Gasteiger partial charge in [-0.25, -0.2) is 0 Å².